The molecule has 35 heavy (non-hydrogen) atoms. The zero-order valence-corrected chi connectivity index (χ0v) is 19.5. The monoisotopic (exact) mass is 467 g/mol. The van der Waals surface area contributed by atoms with Crippen molar-refractivity contribution in [2.75, 3.05) is 0 Å². The molecule has 0 bridgehead atoms. The molecule has 0 amide bonds. The minimum Gasteiger partial charge on any atom is -0.309 e. The van der Waals surface area contributed by atoms with E-state index in [-0.39, 0.29) is 0 Å². The van der Waals surface area contributed by atoms with Crippen molar-refractivity contribution in [1.29, 1.82) is 0 Å². The van der Waals surface area contributed by atoms with Crippen LogP contribution in [0.25, 0.3) is 49.5 Å². The highest BCUT2D eigenvalue weighted by atomic mass is 31.2. The van der Waals surface area contributed by atoms with Crippen LogP contribution in [0.2, 0.25) is 0 Å². The Balaban J connectivity index is 1.48. The molecule has 0 aliphatic carbocycles. The first-order chi connectivity index (χ1) is 17.2. The Morgan fingerprint density at radius 1 is 0.657 bits per heavy atom. The largest absolute Gasteiger partial charge is 0.309 e. The molecule has 4 nitrogen and oxygen atoms in total. The molecular formula is C30H18N3OP. The van der Waals surface area contributed by atoms with Gasteiger partial charge in [-0.2, -0.15) is 0 Å². The van der Waals surface area contributed by atoms with Crippen LogP contribution in [0.5, 0.6) is 0 Å². The van der Waals surface area contributed by atoms with E-state index in [1.165, 1.54) is 0 Å². The minimum absolute atomic E-state index is 0.820. The van der Waals surface area contributed by atoms with E-state index in [1.807, 2.05) is 67.0 Å². The number of nitrogens with zero attached hydrogens (tertiary/aromatic N) is 3. The molecule has 0 unspecified atom stereocenters. The van der Waals surface area contributed by atoms with Crippen molar-refractivity contribution in [2.24, 2.45) is 0 Å². The summed E-state index contributed by atoms with van der Waals surface area (Å²) in [6.07, 6.45) is 3.72. The summed E-state index contributed by atoms with van der Waals surface area (Å²) < 4.78 is 17.1. The lowest BCUT2D eigenvalue weighted by molar-refractivity contribution is 0.593. The molecule has 7 aromatic rings. The third kappa shape index (κ3) is 2.35. The van der Waals surface area contributed by atoms with Gasteiger partial charge in [0.05, 0.1) is 16.6 Å². The van der Waals surface area contributed by atoms with E-state index in [0.29, 0.717) is 0 Å². The smallest absolute Gasteiger partial charge is 0.172 e. The second-order valence-corrected chi connectivity index (χ2v) is 11.7. The average molecular weight is 467 g/mol. The lowest BCUT2D eigenvalue weighted by Gasteiger charge is -2.15. The molecule has 4 heterocycles. The van der Waals surface area contributed by atoms with E-state index in [0.717, 1.165) is 65.4 Å². The third-order valence-electron chi connectivity index (χ3n) is 7.28. The maximum atomic E-state index is 14.9. The van der Waals surface area contributed by atoms with Crippen molar-refractivity contribution in [3.63, 3.8) is 0 Å². The number of imidazole rings is 1. The number of fused-ring (bicyclic) bond motifs is 11. The van der Waals surface area contributed by atoms with Gasteiger partial charge in [0.2, 0.25) is 0 Å². The first-order valence-corrected chi connectivity index (χ1v) is 13.3. The number of pyridine rings is 2. The van der Waals surface area contributed by atoms with Gasteiger partial charge in [-0.1, -0.05) is 66.7 Å². The van der Waals surface area contributed by atoms with Crippen molar-refractivity contribution in [3.8, 4) is 11.1 Å². The number of para-hydroxylation sites is 1. The standard InChI is InChI=1S/C30H18N3OP/c34-35(28-11-5-2-8-21(28)22-9-3-6-12-29(22)35)19-13-14-27-25(17-19)32-30-23-15-16-31-18-24(23)20-7-1-4-10-26(20)33(27)30/h1-18H. The summed E-state index contributed by atoms with van der Waals surface area (Å²) in [5.74, 6) is 0. The van der Waals surface area contributed by atoms with Gasteiger partial charge < -0.3 is 4.57 Å². The Hall–Kier alpha value is -4.27. The van der Waals surface area contributed by atoms with E-state index in [1.54, 1.807) is 0 Å². The predicted octanol–water partition coefficient (Wildman–Crippen LogP) is 5.81. The fourth-order valence-corrected chi connectivity index (χ4v) is 8.81. The number of aromatic nitrogens is 3. The number of benzene rings is 4. The maximum Gasteiger partial charge on any atom is 0.172 e. The van der Waals surface area contributed by atoms with Gasteiger partial charge in [-0.25, -0.2) is 4.98 Å². The van der Waals surface area contributed by atoms with Crippen LogP contribution >= 0.6 is 7.14 Å². The number of hydrogen-bond donors (Lipinski definition) is 0. The van der Waals surface area contributed by atoms with Gasteiger partial charge in [-0.05, 0) is 41.5 Å². The molecule has 0 atom stereocenters. The Morgan fingerprint density at radius 3 is 2.17 bits per heavy atom. The van der Waals surface area contributed by atoms with Crippen LogP contribution < -0.4 is 15.9 Å². The van der Waals surface area contributed by atoms with Gasteiger partial charge >= 0.3 is 0 Å². The van der Waals surface area contributed by atoms with Crippen LogP contribution in [-0.2, 0) is 4.57 Å². The minimum atomic E-state index is -3.01. The Morgan fingerprint density at radius 2 is 1.37 bits per heavy atom. The summed E-state index contributed by atoms with van der Waals surface area (Å²) in [7, 11) is -3.01. The Kier molecular flexibility index (Phi) is 3.63. The van der Waals surface area contributed by atoms with Crippen LogP contribution in [-0.4, -0.2) is 14.4 Å². The summed E-state index contributed by atoms with van der Waals surface area (Å²) in [6, 6.07) is 32.7. The van der Waals surface area contributed by atoms with Gasteiger partial charge in [0.15, 0.2) is 7.14 Å². The molecule has 0 saturated carbocycles. The first kappa shape index (κ1) is 19.1. The normalized spacial score (nSPS) is 14.1. The van der Waals surface area contributed by atoms with Gasteiger partial charge in [-0.3, -0.25) is 9.38 Å². The SMILES string of the molecule is O=P1(c2ccc3c(c2)nc2c4ccncc4c4ccccc4n32)c2ccccc2-c2ccccc21. The van der Waals surface area contributed by atoms with E-state index in [9.17, 15) is 4.57 Å². The highest BCUT2D eigenvalue weighted by Gasteiger charge is 2.40. The van der Waals surface area contributed by atoms with E-state index in [4.69, 9.17) is 4.98 Å². The summed E-state index contributed by atoms with van der Waals surface area (Å²) in [4.78, 5) is 9.45. The van der Waals surface area contributed by atoms with Crippen molar-refractivity contribution >= 4 is 61.4 Å². The topological polar surface area (TPSA) is 47.3 Å². The van der Waals surface area contributed by atoms with E-state index in [2.05, 4.69) is 51.8 Å². The molecule has 4 aromatic carbocycles. The average Bonchev–Trinajstić information content (AvgIpc) is 3.44. The van der Waals surface area contributed by atoms with Gasteiger partial charge in [0.1, 0.15) is 5.65 Å². The number of rotatable bonds is 1. The highest BCUT2D eigenvalue weighted by Crippen LogP contribution is 2.52. The van der Waals surface area contributed by atoms with Crippen LogP contribution in [0.15, 0.2) is 109 Å². The molecule has 0 N–H and O–H groups in total. The molecule has 8 rings (SSSR count). The van der Waals surface area contributed by atoms with E-state index >= 15 is 0 Å². The molecule has 0 spiro atoms. The highest BCUT2D eigenvalue weighted by molar-refractivity contribution is 7.86. The first-order valence-electron chi connectivity index (χ1n) is 11.6. The van der Waals surface area contributed by atoms with Crippen LogP contribution in [0, 0.1) is 0 Å². The number of hydrogen-bond acceptors (Lipinski definition) is 3. The molecule has 1 aliphatic rings. The zero-order valence-electron chi connectivity index (χ0n) is 18.6. The molecule has 3 aromatic heterocycles. The van der Waals surface area contributed by atoms with E-state index < -0.39 is 7.14 Å². The summed E-state index contributed by atoms with van der Waals surface area (Å²) in [5, 5.41) is 5.91. The molecule has 5 heteroatoms. The van der Waals surface area contributed by atoms with Crippen molar-refractivity contribution < 1.29 is 4.57 Å². The lowest BCUT2D eigenvalue weighted by atomic mass is 10.1. The molecule has 0 saturated heterocycles. The molecule has 164 valence electrons. The summed E-state index contributed by atoms with van der Waals surface area (Å²) in [6.45, 7) is 0. The Bertz CT molecular complexity index is 2010. The maximum absolute atomic E-state index is 14.9. The summed E-state index contributed by atoms with van der Waals surface area (Å²) >= 11 is 0. The van der Waals surface area contributed by atoms with Gasteiger partial charge in [-0.15, -0.1) is 0 Å². The van der Waals surface area contributed by atoms with Gasteiger partial charge in [0, 0.05) is 44.5 Å². The quantitative estimate of drug-likeness (QED) is 0.226. The van der Waals surface area contributed by atoms with Crippen LogP contribution in [0.4, 0.5) is 0 Å². The molecular weight excluding hydrogens is 449 g/mol. The van der Waals surface area contributed by atoms with Gasteiger partial charge in [0.25, 0.3) is 0 Å². The molecule has 0 radical (unpaired) electrons. The van der Waals surface area contributed by atoms with Crippen LogP contribution in [0.3, 0.4) is 0 Å². The molecule has 1 aliphatic heterocycles. The summed E-state index contributed by atoms with van der Waals surface area (Å²) in [5.41, 5.74) is 5.94. The van der Waals surface area contributed by atoms with Crippen LogP contribution in [0.1, 0.15) is 0 Å². The lowest BCUT2D eigenvalue weighted by Crippen LogP contribution is -2.20. The second kappa shape index (κ2) is 6.65. The molecule has 0 fully saturated rings. The fourth-order valence-electron chi connectivity index (χ4n) is 5.75. The predicted molar refractivity (Wildman–Crippen MR) is 144 cm³/mol. The van der Waals surface area contributed by atoms with Crippen molar-refractivity contribution in [2.45, 2.75) is 0 Å². The fraction of sp³-hybridized carbons (Fsp3) is 0. The van der Waals surface area contributed by atoms with Crippen molar-refractivity contribution in [3.05, 3.63) is 109 Å². The second-order valence-electron chi connectivity index (χ2n) is 9.03. The third-order valence-corrected chi connectivity index (χ3v) is 10.4. The van der Waals surface area contributed by atoms with Crippen molar-refractivity contribution in [1.82, 2.24) is 14.4 Å². The zero-order chi connectivity index (χ0) is 23.1. The Labute approximate surface area is 200 Å².